The van der Waals surface area contributed by atoms with E-state index in [4.69, 9.17) is 0 Å². The first kappa shape index (κ1) is 14.1. The van der Waals surface area contributed by atoms with E-state index in [0.717, 1.165) is 22.8 Å². The number of nitrogens with one attached hydrogen (secondary N) is 1. The lowest BCUT2D eigenvalue weighted by molar-refractivity contribution is 0.590. The lowest BCUT2D eigenvalue weighted by Gasteiger charge is -2.19. The third-order valence-corrected chi connectivity index (χ3v) is 4.57. The van der Waals surface area contributed by atoms with Crippen LogP contribution in [0, 0.1) is 0 Å². The molecule has 0 aliphatic carbocycles. The molecule has 0 unspecified atom stereocenters. The largest absolute Gasteiger partial charge is 0.379 e. The Morgan fingerprint density at radius 1 is 1.00 bits per heavy atom. The van der Waals surface area contributed by atoms with E-state index in [1.807, 2.05) is 6.07 Å². The van der Waals surface area contributed by atoms with E-state index < -0.39 is 0 Å². The van der Waals surface area contributed by atoms with E-state index in [9.17, 15) is 0 Å². The topological polar surface area (TPSA) is 24.9 Å². The third kappa shape index (κ3) is 3.24. The first-order chi connectivity index (χ1) is 10.0. The van der Waals surface area contributed by atoms with E-state index in [1.165, 1.54) is 10.3 Å². The molecule has 0 fully saturated rings. The van der Waals surface area contributed by atoms with Gasteiger partial charge in [0.1, 0.15) is 5.01 Å². The summed E-state index contributed by atoms with van der Waals surface area (Å²) < 4.78 is 1.25. The van der Waals surface area contributed by atoms with Gasteiger partial charge in [0.05, 0.1) is 16.8 Å². The zero-order valence-electron chi connectivity index (χ0n) is 12.7. The van der Waals surface area contributed by atoms with E-state index in [2.05, 4.69) is 73.5 Å². The number of thiazole rings is 1. The monoisotopic (exact) mass is 296 g/mol. The van der Waals surface area contributed by atoms with Crippen LogP contribution in [0.4, 0.5) is 5.69 Å². The smallest absolute Gasteiger partial charge is 0.113 e. The molecule has 0 aliphatic heterocycles. The van der Waals surface area contributed by atoms with Crippen LogP contribution in [0.5, 0.6) is 0 Å². The summed E-state index contributed by atoms with van der Waals surface area (Å²) in [5, 5.41) is 4.57. The van der Waals surface area contributed by atoms with Gasteiger partial charge in [-0.15, -0.1) is 11.3 Å². The van der Waals surface area contributed by atoms with E-state index in [-0.39, 0.29) is 5.41 Å². The third-order valence-electron chi connectivity index (χ3n) is 3.53. The molecule has 3 heteroatoms. The van der Waals surface area contributed by atoms with Crippen LogP contribution in [0.25, 0.3) is 10.2 Å². The fourth-order valence-electron chi connectivity index (χ4n) is 2.26. The molecule has 21 heavy (non-hydrogen) atoms. The summed E-state index contributed by atoms with van der Waals surface area (Å²) in [5.74, 6) is 0. The normalized spacial score (nSPS) is 11.8. The summed E-state index contributed by atoms with van der Waals surface area (Å²) in [6.07, 6.45) is 0. The standard InChI is InChI=1S/C18H20N2S/c1-18(2,3)13-8-10-14(11-9-13)19-12-17-20-15-6-4-5-7-16(15)21-17/h4-11,19H,12H2,1-3H3. The minimum absolute atomic E-state index is 0.200. The van der Waals surface area contributed by atoms with Gasteiger partial charge in [-0.25, -0.2) is 4.98 Å². The maximum absolute atomic E-state index is 4.64. The Kier molecular flexibility index (Phi) is 3.68. The summed E-state index contributed by atoms with van der Waals surface area (Å²) >= 11 is 1.75. The van der Waals surface area contributed by atoms with Crippen LogP contribution >= 0.6 is 11.3 Å². The van der Waals surface area contributed by atoms with Crippen molar-refractivity contribution in [2.45, 2.75) is 32.7 Å². The Labute approximate surface area is 129 Å². The highest BCUT2D eigenvalue weighted by molar-refractivity contribution is 7.18. The van der Waals surface area contributed by atoms with E-state index >= 15 is 0 Å². The molecular weight excluding hydrogens is 276 g/mol. The quantitative estimate of drug-likeness (QED) is 0.718. The van der Waals surface area contributed by atoms with E-state index in [0.29, 0.717) is 0 Å². The summed E-state index contributed by atoms with van der Waals surface area (Å²) in [6, 6.07) is 17.0. The maximum atomic E-state index is 4.64. The molecule has 1 aromatic heterocycles. The van der Waals surface area contributed by atoms with Crippen LogP contribution in [0.3, 0.4) is 0 Å². The number of rotatable bonds is 3. The summed E-state index contributed by atoms with van der Waals surface area (Å²) in [5.41, 5.74) is 3.78. The number of para-hydroxylation sites is 1. The minimum atomic E-state index is 0.200. The Morgan fingerprint density at radius 2 is 1.71 bits per heavy atom. The molecule has 0 aliphatic rings. The maximum Gasteiger partial charge on any atom is 0.113 e. The number of hydrogen-bond donors (Lipinski definition) is 1. The van der Waals surface area contributed by atoms with Crippen molar-refractivity contribution in [3.63, 3.8) is 0 Å². The molecule has 3 rings (SSSR count). The molecule has 0 radical (unpaired) electrons. The van der Waals surface area contributed by atoms with Gasteiger partial charge in [-0.05, 0) is 35.2 Å². The van der Waals surface area contributed by atoms with Gasteiger partial charge < -0.3 is 5.32 Å². The zero-order chi connectivity index (χ0) is 14.9. The Hall–Kier alpha value is -1.87. The average molecular weight is 296 g/mol. The number of benzene rings is 2. The summed E-state index contributed by atoms with van der Waals surface area (Å²) in [7, 11) is 0. The second-order valence-electron chi connectivity index (χ2n) is 6.26. The van der Waals surface area contributed by atoms with Gasteiger partial charge in [-0.3, -0.25) is 0 Å². The number of hydrogen-bond acceptors (Lipinski definition) is 3. The minimum Gasteiger partial charge on any atom is -0.379 e. The number of nitrogens with zero attached hydrogens (tertiary/aromatic N) is 1. The first-order valence-corrected chi connectivity index (χ1v) is 8.03. The van der Waals surface area contributed by atoms with Gasteiger partial charge >= 0.3 is 0 Å². The number of fused-ring (bicyclic) bond motifs is 1. The molecule has 0 atom stereocenters. The van der Waals surface area contributed by atoms with Crippen molar-refractivity contribution < 1.29 is 0 Å². The average Bonchev–Trinajstić information content (AvgIpc) is 2.87. The van der Waals surface area contributed by atoms with Crippen molar-refractivity contribution in [1.82, 2.24) is 4.98 Å². The number of anilines is 1. The van der Waals surface area contributed by atoms with Gasteiger partial charge in [0.15, 0.2) is 0 Å². The fourth-order valence-corrected chi connectivity index (χ4v) is 3.17. The predicted molar refractivity (Wildman–Crippen MR) is 92.1 cm³/mol. The summed E-state index contributed by atoms with van der Waals surface area (Å²) in [4.78, 5) is 4.64. The fraction of sp³-hybridized carbons (Fsp3) is 0.278. The van der Waals surface area contributed by atoms with Gasteiger partial charge in [0, 0.05) is 5.69 Å². The second kappa shape index (κ2) is 5.49. The van der Waals surface area contributed by atoms with Crippen molar-refractivity contribution in [2.24, 2.45) is 0 Å². The zero-order valence-corrected chi connectivity index (χ0v) is 13.5. The highest BCUT2D eigenvalue weighted by Crippen LogP contribution is 2.25. The lowest BCUT2D eigenvalue weighted by Crippen LogP contribution is -2.10. The molecule has 0 amide bonds. The second-order valence-corrected chi connectivity index (χ2v) is 7.37. The molecule has 0 spiro atoms. The van der Waals surface area contributed by atoms with Crippen molar-refractivity contribution in [3.8, 4) is 0 Å². The molecule has 2 aromatic carbocycles. The molecule has 1 heterocycles. The SMILES string of the molecule is CC(C)(C)c1ccc(NCc2nc3ccccc3s2)cc1. The van der Waals surface area contributed by atoms with Crippen LogP contribution in [0.2, 0.25) is 0 Å². The van der Waals surface area contributed by atoms with Gasteiger partial charge in [-0.2, -0.15) is 0 Å². The molecular formula is C18H20N2S. The molecule has 2 nitrogen and oxygen atoms in total. The highest BCUT2D eigenvalue weighted by Gasteiger charge is 2.12. The molecule has 0 saturated carbocycles. The van der Waals surface area contributed by atoms with Gasteiger partial charge in [0.25, 0.3) is 0 Å². The Balaban J connectivity index is 1.69. The lowest BCUT2D eigenvalue weighted by atomic mass is 9.87. The van der Waals surface area contributed by atoms with Crippen LogP contribution < -0.4 is 5.32 Å². The number of aromatic nitrogens is 1. The van der Waals surface area contributed by atoms with Crippen molar-refractivity contribution >= 4 is 27.2 Å². The van der Waals surface area contributed by atoms with Gasteiger partial charge in [0.2, 0.25) is 0 Å². The van der Waals surface area contributed by atoms with Crippen LogP contribution in [0.1, 0.15) is 31.3 Å². The molecule has 0 saturated heterocycles. The Morgan fingerprint density at radius 3 is 2.38 bits per heavy atom. The van der Waals surface area contributed by atoms with Crippen molar-refractivity contribution in [3.05, 3.63) is 59.1 Å². The Bertz CT molecular complexity index is 703. The molecule has 108 valence electrons. The van der Waals surface area contributed by atoms with Crippen LogP contribution in [-0.4, -0.2) is 4.98 Å². The van der Waals surface area contributed by atoms with E-state index in [1.54, 1.807) is 11.3 Å². The molecule has 0 bridgehead atoms. The molecule has 3 aromatic rings. The van der Waals surface area contributed by atoms with Crippen LogP contribution in [0.15, 0.2) is 48.5 Å². The van der Waals surface area contributed by atoms with Crippen molar-refractivity contribution in [1.29, 1.82) is 0 Å². The van der Waals surface area contributed by atoms with Gasteiger partial charge in [-0.1, -0.05) is 45.0 Å². The highest BCUT2D eigenvalue weighted by atomic mass is 32.1. The first-order valence-electron chi connectivity index (χ1n) is 7.21. The summed E-state index contributed by atoms with van der Waals surface area (Å²) in [6.45, 7) is 7.47. The predicted octanol–water partition coefficient (Wildman–Crippen LogP) is 5.21. The van der Waals surface area contributed by atoms with Crippen molar-refractivity contribution in [2.75, 3.05) is 5.32 Å². The van der Waals surface area contributed by atoms with Crippen LogP contribution in [-0.2, 0) is 12.0 Å². The molecule has 1 N–H and O–H groups in total.